The van der Waals surface area contributed by atoms with Crippen molar-refractivity contribution in [3.8, 4) is 0 Å². The van der Waals surface area contributed by atoms with Crippen molar-refractivity contribution >= 4 is 23.4 Å². The van der Waals surface area contributed by atoms with Crippen LogP contribution in [0.4, 0.5) is 11.8 Å². The number of aromatic nitrogens is 2. The third-order valence-corrected chi connectivity index (χ3v) is 2.44. The Morgan fingerprint density at radius 2 is 2.47 bits per heavy atom. The minimum atomic E-state index is 0.178. The Labute approximate surface area is 93.0 Å². The SMILES string of the molecule is Nc1nc(Cl)cc(NC[C@H]2CCCO2)n1. The van der Waals surface area contributed by atoms with Gasteiger partial charge in [0.2, 0.25) is 5.95 Å². The molecule has 6 heteroatoms. The summed E-state index contributed by atoms with van der Waals surface area (Å²) in [5.74, 6) is 0.820. The molecule has 2 rings (SSSR count). The molecule has 1 aromatic heterocycles. The Hall–Kier alpha value is -1.07. The first-order valence-electron chi connectivity index (χ1n) is 4.89. The van der Waals surface area contributed by atoms with E-state index in [-0.39, 0.29) is 12.1 Å². The van der Waals surface area contributed by atoms with Gasteiger partial charge in [-0.3, -0.25) is 0 Å². The first kappa shape index (κ1) is 10.4. The Balaban J connectivity index is 1.92. The van der Waals surface area contributed by atoms with Crippen LogP contribution < -0.4 is 11.1 Å². The zero-order valence-corrected chi connectivity index (χ0v) is 9.00. The fourth-order valence-electron chi connectivity index (χ4n) is 1.55. The number of rotatable bonds is 3. The van der Waals surface area contributed by atoms with Crippen LogP contribution in [0.25, 0.3) is 0 Å². The van der Waals surface area contributed by atoms with Gasteiger partial charge in [-0.1, -0.05) is 11.6 Å². The summed E-state index contributed by atoms with van der Waals surface area (Å²) in [5.41, 5.74) is 5.47. The molecule has 0 amide bonds. The third-order valence-electron chi connectivity index (χ3n) is 2.25. The number of nitrogens with two attached hydrogens (primary N) is 1. The van der Waals surface area contributed by atoms with Gasteiger partial charge in [0.05, 0.1) is 6.10 Å². The summed E-state index contributed by atoms with van der Waals surface area (Å²) in [4.78, 5) is 7.79. The average Bonchev–Trinajstić information content (AvgIpc) is 2.65. The molecular formula is C9H13ClN4O. The van der Waals surface area contributed by atoms with E-state index in [2.05, 4.69) is 15.3 Å². The lowest BCUT2D eigenvalue weighted by Crippen LogP contribution is -2.19. The molecule has 2 heterocycles. The maximum absolute atomic E-state index is 5.74. The molecule has 1 aromatic rings. The monoisotopic (exact) mass is 228 g/mol. The van der Waals surface area contributed by atoms with Gasteiger partial charge in [-0.05, 0) is 12.8 Å². The van der Waals surface area contributed by atoms with Gasteiger partial charge < -0.3 is 15.8 Å². The molecule has 0 aromatic carbocycles. The van der Waals surface area contributed by atoms with Gasteiger partial charge in [-0.2, -0.15) is 4.98 Å². The Kier molecular flexibility index (Phi) is 3.23. The first-order chi connectivity index (χ1) is 7.24. The predicted molar refractivity (Wildman–Crippen MR) is 58.9 cm³/mol. The highest BCUT2D eigenvalue weighted by Crippen LogP contribution is 2.15. The molecule has 1 fully saturated rings. The van der Waals surface area contributed by atoms with Gasteiger partial charge in [-0.25, -0.2) is 4.98 Å². The molecule has 1 aliphatic heterocycles. The highest BCUT2D eigenvalue weighted by Gasteiger charge is 2.15. The van der Waals surface area contributed by atoms with Gasteiger partial charge in [0.15, 0.2) is 0 Å². The van der Waals surface area contributed by atoms with Crippen molar-refractivity contribution in [2.24, 2.45) is 0 Å². The number of hydrogen-bond acceptors (Lipinski definition) is 5. The average molecular weight is 229 g/mol. The second-order valence-electron chi connectivity index (χ2n) is 3.45. The van der Waals surface area contributed by atoms with Crippen molar-refractivity contribution in [2.45, 2.75) is 18.9 Å². The van der Waals surface area contributed by atoms with Crippen LogP contribution in [-0.4, -0.2) is 29.2 Å². The Morgan fingerprint density at radius 3 is 3.13 bits per heavy atom. The van der Waals surface area contributed by atoms with Crippen molar-refractivity contribution < 1.29 is 4.74 Å². The number of halogens is 1. The Bertz CT molecular complexity index is 321. The fourth-order valence-corrected chi connectivity index (χ4v) is 1.74. The summed E-state index contributed by atoms with van der Waals surface area (Å²) in [6.07, 6.45) is 2.47. The third kappa shape index (κ3) is 2.94. The van der Waals surface area contributed by atoms with Crippen LogP contribution in [0.15, 0.2) is 6.07 Å². The number of anilines is 2. The molecule has 0 saturated carbocycles. The smallest absolute Gasteiger partial charge is 0.223 e. The largest absolute Gasteiger partial charge is 0.376 e. The lowest BCUT2D eigenvalue weighted by atomic mass is 10.2. The number of nitrogens with zero attached hydrogens (tertiary/aromatic N) is 2. The van der Waals surface area contributed by atoms with E-state index in [0.29, 0.717) is 11.0 Å². The molecule has 0 bridgehead atoms. The van der Waals surface area contributed by atoms with Gasteiger partial charge in [0.1, 0.15) is 11.0 Å². The molecule has 1 aliphatic rings. The lowest BCUT2D eigenvalue weighted by molar-refractivity contribution is 0.120. The molecule has 5 nitrogen and oxygen atoms in total. The van der Waals surface area contributed by atoms with Crippen LogP contribution in [0.3, 0.4) is 0 Å². The minimum absolute atomic E-state index is 0.178. The van der Waals surface area contributed by atoms with E-state index >= 15 is 0 Å². The van der Waals surface area contributed by atoms with E-state index < -0.39 is 0 Å². The normalized spacial score (nSPS) is 20.5. The van der Waals surface area contributed by atoms with Gasteiger partial charge in [0.25, 0.3) is 0 Å². The topological polar surface area (TPSA) is 73.1 Å². The van der Waals surface area contributed by atoms with Crippen LogP contribution in [0, 0.1) is 0 Å². The number of ether oxygens (including phenoxy) is 1. The van der Waals surface area contributed by atoms with E-state index in [0.717, 1.165) is 26.0 Å². The molecule has 0 radical (unpaired) electrons. The van der Waals surface area contributed by atoms with Gasteiger partial charge in [0, 0.05) is 19.2 Å². The molecule has 0 unspecified atom stereocenters. The maximum atomic E-state index is 5.74. The first-order valence-corrected chi connectivity index (χ1v) is 5.27. The summed E-state index contributed by atoms with van der Waals surface area (Å²) in [6.45, 7) is 1.58. The van der Waals surface area contributed by atoms with Crippen LogP contribution in [0.1, 0.15) is 12.8 Å². The van der Waals surface area contributed by atoms with Crippen molar-refractivity contribution in [2.75, 3.05) is 24.2 Å². The van der Waals surface area contributed by atoms with E-state index in [1.165, 1.54) is 0 Å². The van der Waals surface area contributed by atoms with E-state index in [9.17, 15) is 0 Å². The summed E-state index contributed by atoms with van der Waals surface area (Å²) < 4.78 is 5.47. The second-order valence-corrected chi connectivity index (χ2v) is 3.84. The van der Waals surface area contributed by atoms with Crippen LogP contribution in [0.5, 0.6) is 0 Å². The number of nitrogen functional groups attached to an aromatic ring is 1. The molecule has 15 heavy (non-hydrogen) atoms. The van der Waals surface area contributed by atoms with E-state index in [1.807, 2.05) is 0 Å². The second kappa shape index (κ2) is 4.63. The Morgan fingerprint density at radius 1 is 1.60 bits per heavy atom. The van der Waals surface area contributed by atoms with E-state index in [1.54, 1.807) is 6.07 Å². The van der Waals surface area contributed by atoms with Gasteiger partial charge in [-0.15, -0.1) is 0 Å². The molecule has 0 aliphatic carbocycles. The fraction of sp³-hybridized carbons (Fsp3) is 0.556. The van der Waals surface area contributed by atoms with Crippen LogP contribution >= 0.6 is 11.6 Å². The highest BCUT2D eigenvalue weighted by atomic mass is 35.5. The maximum Gasteiger partial charge on any atom is 0.223 e. The summed E-state index contributed by atoms with van der Waals surface area (Å²) in [7, 11) is 0. The molecule has 1 saturated heterocycles. The minimum Gasteiger partial charge on any atom is -0.376 e. The van der Waals surface area contributed by atoms with Crippen molar-refractivity contribution in [1.29, 1.82) is 0 Å². The van der Waals surface area contributed by atoms with Crippen molar-refractivity contribution in [1.82, 2.24) is 9.97 Å². The molecule has 82 valence electrons. The molecule has 1 atom stereocenters. The van der Waals surface area contributed by atoms with Crippen LogP contribution in [-0.2, 0) is 4.74 Å². The zero-order valence-electron chi connectivity index (χ0n) is 8.24. The van der Waals surface area contributed by atoms with Gasteiger partial charge >= 0.3 is 0 Å². The van der Waals surface area contributed by atoms with Crippen molar-refractivity contribution in [3.05, 3.63) is 11.2 Å². The summed E-state index contributed by atoms with van der Waals surface area (Å²) >= 11 is 5.74. The molecule has 0 spiro atoms. The lowest BCUT2D eigenvalue weighted by Gasteiger charge is -2.11. The molecule has 3 N–H and O–H groups in total. The quantitative estimate of drug-likeness (QED) is 0.763. The van der Waals surface area contributed by atoms with E-state index in [4.69, 9.17) is 22.1 Å². The zero-order chi connectivity index (χ0) is 10.7. The van der Waals surface area contributed by atoms with Crippen molar-refractivity contribution in [3.63, 3.8) is 0 Å². The predicted octanol–water partition coefficient (Wildman–Crippen LogP) is 1.30. The summed E-state index contributed by atoms with van der Waals surface area (Å²) in [6, 6.07) is 1.65. The van der Waals surface area contributed by atoms with Crippen LogP contribution in [0.2, 0.25) is 5.15 Å². The molecular weight excluding hydrogens is 216 g/mol. The number of hydrogen-bond donors (Lipinski definition) is 2. The highest BCUT2D eigenvalue weighted by molar-refractivity contribution is 6.29. The number of nitrogens with one attached hydrogen (secondary N) is 1. The standard InChI is InChI=1S/C9H13ClN4O/c10-7-4-8(14-9(11)13-7)12-5-6-2-1-3-15-6/h4,6H,1-3,5H2,(H3,11,12,13,14)/t6-/m1/s1. The summed E-state index contributed by atoms with van der Waals surface area (Å²) in [5, 5.41) is 3.47.